The summed E-state index contributed by atoms with van der Waals surface area (Å²) in [6.45, 7) is 8.40. The molecule has 0 N–H and O–H groups in total. The molecule has 0 saturated carbocycles. The fourth-order valence-corrected chi connectivity index (χ4v) is 2.24. The van der Waals surface area contributed by atoms with Gasteiger partial charge in [-0.25, -0.2) is 4.79 Å². The highest BCUT2D eigenvalue weighted by molar-refractivity contribution is 5.69. The number of carbonyl (C=O) groups excluding carboxylic acids is 1. The van der Waals surface area contributed by atoms with Crippen molar-refractivity contribution in [3.05, 3.63) is 35.4 Å². The largest absolute Gasteiger partial charge is 0.444 e. The highest BCUT2D eigenvalue weighted by Gasteiger charge is 2.29. The summed E-state index contributed by atoms with van der Waals surface area (Å²) in [5.41, 5.74) is 2.12. The summed E-state index contributed by atoms with van der Waals surface area (Å²) >= 11 is 0. The van der Waals surface area contributed by atoms with Gasteiger partial charge < -0.3 is 9.64 Å². The van der Waals surface area contributed by atoms with Gasteiger partial charge in [-0.2, -0.15) is 0 Å². The van der Waals surface area contributed by atoms with Crippen LogP contribution in [0.4, 0.5) is 4.79 Å². The first kappa shape index (κ1) is 12.9. The molecule has 1 heterocycles. The minimum Gasteiger partial charge on any atom is -0.444 e. The molecule has 0 saturated heterocycles. The van der Waals surface area contributed by atoms with Crippen LogP contribution in [0, 0.1) is 0 Å². The molecule has 0 aliphatic carbocycles. The summed E-state index contributed by atoms with van der Waals surface area (Å²) in [7, 11) is 0. The molecule has 0 bridgehead atoms. The van der Waals surface area contributed by atoms with Crippen LogP contribution in [-0.2, 0) is 17.7 Å². The smallest absolute Gasteiger partial charge is 0.410 e. The number of hydrogen-bond acceptors (Lipinski definition) is 2. The summed E-state index contributed by atoms with van der Waals surface area (Å²) in [6, 6.07) is 8.47. The summed E-state index contributed by atoms with van der Waals surface area (Å²) in [5, 5.41) is 0. The standard InChI is InChI=1S/C15H21NO2/c1-11-9-12-7-5-6-8-13(12)10-16(11)14(17)18-15(2,3)4/h5-8,11H,9-10H2,1-4H3/t11-/m1/s1. The second kappa shape index (κ2) is 4.63. The molecule has 1 aliphatic heterocycles. The van der Waals surface area contributed by atoms with Gasteiger partial charge in [0.2, 0.25) is 0 Å². The third-order valence-corrected chi connectivity index (χ3v) is 3.13. The summed E-state index contributed by atoms with van der Waals surface area (Å²) < 4.78 is 5.45. The third-order valence-electron chi connectivity index (χ3n) is 3.13. The van der Waals surface area contributed by atoms with Gasteiger partial charge in [0.1, 0.15) is 5.60 Å². The highest BCUT2D eigenvalue weighted by Crippen LogP contribution is 2.24. The SMILES string of the molecule is C[C@@H]1Cc2ccccc2CN1C(=O)OC(C)(C)C. The van der Waals surface area contributed by atoms with Gasteiger partial charge in [-0.3, -0.25) is 0 Å². The predicted molar refractivity (Wildman–Crippen MR) is 71.4 cm³/mol. The number of carbonyl (C=O) groups is 1. The maximum Gasteiger partial charge on any atom is 0.410 e. The Morgan fingerprint density at radius 2 is 1.89 bits per heavy atom. The minimum atomic E-state index is -0.437. The molecule has 3 nitrogen and oxygen atoms in total. The molecule has 0 radical (unpaired) electrons. The van der Waals surface area contributed by atoms with E-state index in [0.717, 1.165) is 6.42 Å². The first-order chi connectivity index (χ1) is 8.37. The molecular weight excluding hydrogens is 226 g/mol. The van der Waals surface area contributed by atoms with Crippen LogP contribution in [0.3, 0.4) is 0 Å². The highest BCUT2D eigenvalue weighted by atomic mass is 16.6. The van der Waals surface area contributed by atoms with E-state index < -0.39 is 5.60 Å². The average Bonchev–Trinajstić information content (AvgIpc) is 2.25. The van der Waals surface area contributed by atoms with Crippen molar-refractivity contribution in [3.63, 3.8) is 0 Å². The molecule has 1 amide bonds. The first-order valence-electron chi connectivity index (χ1n) is 6.43. The average molecular weight is 247 g/mol. The topological polar surface area (TPSA) is 29.5 Å². The molecule has 0 spiro atoms. The fraction of sp³-hybridized carbons (Fsp3) is 0.533. The fourth-order valence-electron chi connectivity index (χ4n) is 2.24. The van der Waals surface area contributed by atoms with Crippen LogP contribution in [0.1, 0.15) is 38.8 Å². The Morgan fingerprint density at radius 1 is 1.28 bits per heavy atom. The van der Waals surface area contributed by atoms with Gasteiger partial charge in [0, 0.05) is 12.6 Å². The Bertz CT molecular complexity index is 448. The van der Waals surface area contributed by atoms with Crippen molar-refractivity contribution >= 4 is 6.09 Å². The summed E-state index contributed by atoms with van der Waals surface area (Å²) in [5.74, 6) is 0. The number of benzene rings is 1. The van der Waals surface area contributed by atoms with Crippen LogP contribution >= 0.6 is 0 Å². The van der Waals surface area contributed by atoms with Gasteiger partial charge in [0.25, 0.3) is 0 Å². The van der Waals surface area contributed by atoms with Gasteiger partial charge in [-0.1, -0.05) is 24.3 Å². The van der Waals surface area contributed by atoms with Crippen molar-refractivity contribution < 1.29 is 9.53 Å². The molecule has 1 aromatic carbocycles. The predicted octanol–water partition coefficient (Wildman–Crippen LogP) is 3.37. The lowest BCUT2D eigenvalue weighted by molar-refractivity contribution is 0.0138. The number of fused-ring (bicyclic) bond motifs is 1. The Hall–Kier alpha value is -1.51. The zero-order valence-corrected chi connectivity index (χ0v) is 11.6. The van der Waals surface area contributed by atoms with Gasteiger partial charge in [0.05, 0.1) is 0 Å². The maximum absolute atomic E-state index is 12.1. The van der Waals surface area contributed by atoms with Crippen molar-refractivity contribution in [2.24, 2.45) is 0 Å². The van der Waals surface area contributed by atoms with E-state index in [0.29, 0.717) is 6.54 Å². The molecular formula is C15H21NO2. The van der Waals surface area contributed by atoms with Crippen LogP contribution in [-0.4, -0.2) is 22.6 Å². The normalized spacial score (nSPS) is 19.3. The van der Waals surface area contributed by atoms with Crippen molar-refractivity contribution in [2.75, 3.05) is 0 Å². The Balaban J connectivity index is 2.14. The van der Waals surface area contributed by atoms with Crippen LogP contribution in [0.2, 0.25) is 0 Å². The summed E-state index contributed by atoms with van der Waals surface area (Å²) in [6.07, 6.45) is 0.680. The number of amides is 1. The van der Waals surface area contributed by atoms with Crippen molar-refractivity contribution in [1.82, 2.24) is 4.90 Å². The minimum absolute atomic E-state index is 0.190. The van der Waals surface area contributed by atoms with Crippen LogP contribution in [0.25, 0.3) is 0 Å². The molecule has 1 aliphatic rings. The van der Waals surface area contributed by atoms with E-state index in [2.05, 4.69) is 25.1 Å². The van der Waals surface area contributed by atoms with Gasteiger partial charge >= 0.3 is 6.09 Å². The second-order valence-corrected chi connectivity index (χ2v) is 5.93. The van der Waals surface area contributed by atoms with E-state index in [-0.39, 0.29) is 12.1 Å². The van der Waals surface area contributed by atoms with Crippen molar-refractivity contribution in [3.8, 4) is 0 Å². The number of ether oxygens (including phenoxy) is 1. The van der Waals surface area contributed by atoms with E-state index in [4.69, 9.17) is 4.74 Å². The van der Waals surface area contributed by atoms with E-state index in [1.807, 2.05) is 31.7 Å². The van der Waals surface area contributed by atoms with Crippen LogP contribution in [0.5, 0.6) is 0 Å². The molecule has 0 fully saturated rings. The number of nitrogens with zero attached hydrogens (tertiary/aromatic N) is 1. The lowest BCUT2D eigenvalue weighted by atomic mass is 9.95. The number of hydrogen-bond donors (Lipinski definition) is 0. The molecule has 1 aromatic rings. The lowest BCUT2D eigenvalue weighted by Crippen LogP contribution is -2.45. The second-order valence-electron chi connectivity index (χ2n) is 5.93. The van der Waals surface area contributed by atoms with E-state index in [1.54, 1.807) is 0 Å². The van der Waals surface area contributed by atoms with Gasteiger partial charge in [0.15, 0.2) is 0 Å². The third kappa shape index (κ3) is 2.84. The van der Waals surface area contributed by atoms with Gasteiger partial charge in [-0.15, -0.1) is 0 Å². The summed E-state index contributed by atoms with van der Waals surface area (Å²) in [4.78, 5) is 14.0. The Morgan fingerprint density at radius 3 is 2.50 bits per heavy atom. The van der Waals surface area contributed by atoms with Crippen LogP contribution < -0.4 is 0 Å². The van der Waals surface area contributed by atoms with E-state index in [1.165, 1.54) is 11.1 Å². The molecule has 1 atom stereocenters. The Labute approximate surface area is 109 Å². The molecule has 18 heavy (non-hydrogen) atoms. The van der Waals surface area contributed by atoms with Crippen molar-refractivity contribution in [1.29, 1.82) is 0 Å². The maximum atomic E-state index is 12.1. The molecule has 98 valence electrons. The van der Waals surface area contributed by atoms with Crippen LogP contribution in [0.15, 0.2) is 24.3 Å². The quantitative estimate of drug-likeness (QED) is 0.703. The number of rotatable bonds is 0. The molecule has 3 heteroatoms. The molecule has 2 rings (SSSR count). The zero-order valence-electron chi connectivity index (χ0n) is 11.6. The Kier molecular flexibility index (Phi) is 3.33. The molecule has 0 unspecified atom stereocenters. The van der Waals surface area contributed by atoms with E-state index >= 15 is 0 Å². The molecule has 0 aromatic heterocycles. The monoisotopic (exact) mass is 247 g/mol. The van der Waals surface area contributed by atoms with Crippen molar-refractivity contribution in [2.45, 2.75) is 52.3 Å². The van der Waals surface area contributed by atoms with Gasteiger partial charge in [-0.05, 0) is 45.2 Å². The lowest BCUT2D eigenvalue weighted by Gasteiger charge is -2.36. The zero-order chi connectivity index (χ0) is 13.3. The van der Waals surface area contributed by atoms with E-state index in [9.17, 15) is 4.79 Å². The first-order valence-corrected chi connectivity index (χ1v) is 6.43.